The third kappa shape index (κ3) is 2.06. The van der Waals surface area contributed by atoms with Gasteiger partial charge in [0.1, 0.15) is 5.82 Å². The van der Waals surface area contributed by atoms with Crippen molar-refractivity contribution in [3.05, 3.63) is 34.5 Å². The highest BCUT2D eigenvalue weighted by molar-refractivity contribution is 7.15. The lowest BCUT2D eigenvalue weighted by molar-refractivity contribution is 0.102. The molecule has 0 fully saturated rings. The highest BCUT2D eigenvalue weighted by Crippen LogP contribution is 2.30. The fourth-order valence-electron chi connectivity index (χ4n) is 2.00. The fraction of sp³-hybridized carbons (Fsp3) is 0.250. The van der Waals surface area contributed by atoms with Gasteiger partial charge in [0.05, 0.1) is 5.69 Å². The van der Waals surface area contributed by atoms with E-state index in [0.29, 0.717) is 16.5 Å². The van der Waals surface area contributed by atoms with Crippen molar-refractivity contribution in [2.75, 3.05) is 11.1 Å². The number of fused-ring (bicyclic) bond motifs is 1. The fourth-order valence-corrected chi connectivity index (χ4v) is 3.05. The third-order valence-electron chi connectivity index (χ3n) is 2.86. The minimum atomic E-state index is -0.198. The molecule has 2 aromatic rings. The maximum absolute atomic E-state index is 12.0. The van der Waals surface area contributed by atoms with Crippen LogP contribution in [0.15, 0.2) is 18.3 Å². The van der Waals surface area contributed by atoms with Crippen molar-refractivity contribution < 1.29 is 4.79 Å². The Kier molecular flexibility index (Phi) is 2.71. The predicted molar refractivity (Wildman–Crippen MR) is 70.7 cm³/mol. The second kappa shape index (κ2) is 4.38. The van der Waals surface area contributed by atoms with Gasteiger partial charge in [0.15, 0.2) is 5.13 Å². The molecule has 2 heterocycles. The van der Waals surface area contributed by atoms with Crippen LogP contribution in [0.2, 0.25) is 0 Å². The third-order valence-corrected chi connectivity index (χ3v) is 3.93. The van der Waals surface area contributed by atoms with Crippen LogP contribution in [0.1, 0.15) is 27.3 Å². The van der Waals surface area contributed by atoms with Gasteiger partial charge in [-0.3, -0.25) is 10.1 Å². The molecule has 1 aliphatic rings. The zero-order chi connectivity index (χ0) is 12.5. The molecular weight excluding hydrogens is 248 g/mol. The largest absolute Gasteiger partial charge is 0.384 e. The molecule has 1 aliphatic carbocycles. The molecule has 0 spiro atoms. The summed E-state index contributed by atoms with van der Waals surface area (Å²) in [5, 5.41) is 3.47. The van der Waals surface area contributed by atoms with Gasteiger partial charge in [-0.2, -0.15) is 0 Å². The van der Waals surface area contributed by atoms with Crippen LogP contribution in [-0.4, -0.2) is 15.9 Å². The van der Waals surface area contributed by atoms with Gasteiger partial charge in [0, 0.05) is 16.6 Å². The van der Waals surface area contributed by atoms with E-state index in [1.165, 1.54) is 17.5 Å². The normalized spacial score (nSPS) is 13.3. The molecule has 6 heteroatoms. The lowest BCUT2D eigenvalue weighted by Gasteiger charge is -2.02. The molecular formula is C12H12N4OS. The lowest BCUT2D eigenvalue weighted by atomic mass is 10.2. The Morgan fingerprint density at radius 2 is 2.33 bits per heavy atom. The molecule has 1 amide bonds. The van der Waals surface area contributed by atoms with Crippen LogP contribution in [0, 0.1) is 0 Å². The number of thiazole rings is 1. The second-order valence-corrected chi connectivity index (χ2v) is 5.25. The number of nitrogens with one attached hydrogen (secondary N) is 1. The highest BCUT2D eigenvalue weighted by Gasteiger charge is 2.18. The van der Waals surface area contributed by atoms with Crippen LogP contribution >= 0.6 is 11.3 Å². The SMILES string of the molecule is Nc1cc(C(=O)Nc2nc3c(s2)CCC3)ccn1. The molecule has 0 atom stereocenters. The Labute approximate surface area is 108 Å². The van der Waals surface area contributed by atoms with E-state index in [9.17, 15) is 4.79 Å². The first-order chi connectivity index (χ1) is 8.72. The zero-order valence-corrected chi connectivity index (χ0v) is 10.5. The summed E-state index contributed by atoms with van der Waals surface area (Å²) in [7, 11) is 0. The van der Waals surface area contributed by atoms with E-state index in [-0.39, 0.29) is 5.91 Å². The van der Waals surface area contributed by atoms with Gasteiger partial charge in [-0.25, -0.2) is 9.97 Å². The van der Waals surface area contributed by atoms with E-state index >= 15 is 0 Å². The summed E-state index contributed by atoms with van der Waals surface area (Å²) in [5.41, 5.74) is 7.17. The number of carbonyl (C=O) groups is 1. The monoisotopic (exact) mass is 260 g/mol. The molecule has 2 aromatic heterocycles. The van der Waals surface area contributed by atoms with Gasteiger partial charge in [-0.15, -0.1) is 11.3 Å². The number of carbonyl (C=O) groups excluding carboxylic acids is 1. The molecule has 5 nitrogen and oxygen atoms in total. The first kappa shape index (κ1) is 11.2. The number of rotatable bonds is 2. The highest BCUT2D eigenvalue weighted by atomic mass is 32.1. The summed E-state index contributed by atoms with van der Waals surface area (Å²) in [5.74, 6) is 0.140. The number of nitrogens with zero attached hydrogens (tertiary/aromatic N) is 2. The predicted octanol–water partition coefficient (Wildman–Crippen LogP) is 1.86. The van der Waals surface area contributed by atoms with E-state index in [1.54, 1.807) is 23.5 Å². The number of anilines is 2. The van der Waals surface area contributed by atoms with Crippen LogP contribution < -0.4 is 11.1 Å². The molecule has 3 rings (SSSR count). The Balaban J connectivity index is 1.78. The molecule has 0 radical (unpaired) electrons. The van der Waals surface area contributed by atoms with Crippen molar-refractivity contribution >= 4 is 28.2 Å². The molecule has 0 saturated carbocycles. The average Bonchev–Trinajstić information content (AvgIpc) is 2.89. The standard InChI is InChI=1S/C12H12N4OS/c13-10-6-7(4-5-14-10)11(17)16-12-15-8-2-1-3-9(8)18-12/h4-6H,1-3H2,(H2,13,14)(H,15,16,17). The molecule has 0 aromatic carbocycles. The first-order valence-electron chi connectivity index (χ1n) is 5.74. The molecule has 0 aliphatic heterocycles. The number of aromatic nitrogens is 2. The van der Waals surface area contributed by atoms with E-state index < -0.39 is 0 Å². The summed E-state index contributed by atoms with van der Waals surface area (Å²) >= 11 is 1.56. The summed E-state index contributed by atoms with van der Waals surface area (Å²) in [6, 6.07) is 3.18. The van der Waals surface area contributed by atoms with Crippen LogP contribution in [0.3, 0.4) is 0 Å². The van der Waals surface area contributed by atoms with E-state index in [4.69, 9.17) is 5.73 Å². The van der Waals surface area contributed by atoms with E-state index in [1.807, 2.05) is 0 Å². The second-order valence-electron chi connectivity index (χ2n) is 4.17. The van der Waals surface area contributed by atoms with Crippen molar-refractivity contribution in [1.29, 1.82) is 0 Å². The molecule has 18 heavy (non-hydrogen) atoms. The summed E-state index contributed by atoms with van der Waals surface area (Å²) < 4.78 is 0. The zero-order valence-electron chi connectivity index (χ0n) is 9.64. The van der Waals surface area contributed by atoms with Crippen molar-refractivity contribution in [1.82, 2.24) is 9.97 Å². The maximum atomic E-state index is 12.0. The van der Waals surface area contributed by atoms with Gasteiger partial charge in [-0.05, 0) is 31.4 Å². The molecule has 0 bridgehead atoms. The van der Waals surface area contributed by atoms with Gasteiger partial charge < -0.3 is 5.73 Å². The van der Waals surface area contributed by atoms with E-state index in [2.05, 4.69) is 15.3 Å². The summed E-state index contributed by atoms with van der Waals surface area (Å²) in [6.07, 6.45) is 4.78. The average molecular weight is 260 g/mol. The number of nitrogen functional groups attached to an aromatic ring is 1. The number of hydrogen-bond donors (Lipinski definition) is 2. The first-order valence-corrected chi connectivity index (χ1v) is 6.55. The number of pyridine rings is 1. The van der Waals surface area contributed by atoms with Gasteiger partial charge in [0.25, 0.3) is 5.91 Å². The Morgan fingerprint density at radius 1 is 1.44 bits per heavy atom. The van der Waals surface area contributed by atoms with Crippen molar-refractivity contribution in [3.63, 3.8) is 0 Å². The number of nitrogens with two attached hydrogens (primary N) is 1. The Morgan fingerprint density at radius 3 is 3.11 bits per heavy atom. The number of hydrogen-bond acceptors (Lipinski definition) is 5. The lowest BCUT2D eigenvalue weighted by Crippen LogP contribution is -2.12. The number of aryl methyl sites for hydroxylation is 2. The van der Waals surface area contributed by atoms with Gasteiger partial charge in [-0.1, -0.05) is 0 Å². The van der Waals surface area contributed by atoms with Crippen LogP contribution in [-0.2, 0) is 12.8 Å². The van der Waals surface area contributed by atoms with Gasteiger partial charge in [0.2, 0.25) is 0 Å². The number of amides is 1. The molecule has 92 valence electrons. The summed E-state index contributed by atoms with van der Waals surface area (Å²) in [4.78, 5) is 21.5. The van der Waals surface area contributed by atoms with Crippen LogP contribution in [0.5, 0.6) is 0 Å². The minimum absolute atomic E-state index is 0.198. The van der Waals surface area contributed by atoms with Gasteiger partial charge >= 0.3 is 0 Å². The Hall–Kier alpha value is -1.95. The van der Waals surface area contributed by atoms with Crippen molar-refractivity contribution in [2.24, 2.45) is 0 Å². The van der Waals surface area contributed by atoms with Crippen LogP contribution in [0.25, 0.3) is 0 Å². The van der Waals surface area contributed by atoms with Crippen molar-refractivity contribution in [2.45, 2.75) is 19.3 Å². The van der Waals surface area contributed by atoms with Crippen molar-refractivity contribution in [3.8, 4) is 0 Å². The molecule has 3 N–H and O–H groups in total. The van der Waals surface area contributed by atoms with Crippen LogP contribution in [0.4, 0.5) is 10.9 Å². The Bertz CT molecular complexity index is 586. The van der Waals surface area contributed by atoms with E-state index in [0.717, 1.165) is 18.5 Å². The summed E-state index contributed by atoms with van der Waals surface area (Å²) in [6.45, 7) is 0. The minimum Gasteiger partial charge on any atom is -0.384 e. The maximum Gasteiger partial charge on any atom is 0.257 e. The quantitative estimate of drug-likeness (QED) is 0.863. The molecule has 0 unspecified atom stereocenters. The smallest absolute Gasteiger partial charge is 0.257 e. The topological polar surface area (TPSA) is 80.9 Å². The molecule has 0 saturated heterocycles.